The van der Waals surface area contributed by atoms with Gasteiger partial charge in [0.15, 0.2) is 6.10 Å². The predicted octanol–water partition coefficient (Wildman–Crippen LogP) is -0.355. The molecule has 0 aromatic carbocycles. The number of nitrogens with one attached hydrogen (secondary N) is 1. The Labute approximate surface area is 91.8 Å². The van der Waals surface area contributed by atoms with Crippen LogP contribution in [0.15, 0.2) is 21.5 Å². The van der Waals surface area contributed by atoms with Crippen molar-refractivity contribution in [3.63, 3.8) is 0 Å². The van der Waals surface area contributed by atoms with E-state index in [-0.39, 0.29) is 24.0 Å². The predicted molar refractivity (Wildman–Crippen MR) is 55.1 cm³/mol. The number of hydrogen-bond acceptors (Lipinski definition) is 5. The van der Waals surface area contributed by atoms with Crippen molar-refractivity contribution in [3.05, 3.63) is 28.3 Å². The minimum Gasteiger partial charge on any atom is -0.474 e. The van der Waals surface area contributed by atoms with Crippen molar-refractivity contribution in [3.8, 4) is 5.75 Å². The second-order valence-electron chi connectivity index (χ2n) is 3.11. The first kappa shape index (κ1) is 12.3. The zero-order chi connectivity index (χ0) is 12.1. The molecule has 1 rings (SSSR count). The van der Waals surface area contributed by atoms with Gasteiger partial charge in [-0.1, -0.05) is 0 Å². The molecule has 6 nitrogen and oxygen atoms in total. The quantitative estimate of drug-likeness (QED) is 0.733. The van der Waals surface area contributed by atoms with E-state index in [0.717, 1.165) is 12.3 Å². The van der Waals surface area contributed by atoms with Crippen LogP contribution in [0.3, 0.4) is 0 Å². The average Bonchev–Trinajstić information content (AvgIpc) is 2.30. The number of carbonyl (C=O) groups excluding carboxylic acids is 1. The van der Waals surface area contributed by atoms with Gasteiger partial charge in [-0.15, -0.1) is 0 Å². The van der Waals surface area contributed by atoms with Gasteiger partial charge in [-0.05, 0) is 6.92 Å². The van der Waals surface area contributed by atoms with Gasteiger partial charge in [0.2, 0.25) is 11.2 Å². The van der Waals surface area contributed by atoms with Crippen molar-refractivity contribution in [2.75, 3.05) is 7.05 Å². The van der Waals surface area contributed by atoms with Crippen LogP contribution in [0.2, 0.25) is 0 Å². The van der Waals surface area contributed by atoms with Crippen LogP contribution in [0.4, 0.5) is 0 Å². The van der Waals surface area contributed by atoms with E-state index in [9.17, 15) is 9.59 Å². The molecule has 0 aliphatic carbocycles. The summed E-state index contributed by atoms with van der Waals surface area (Å²) in [4.78, 5) is 22.6. The fourth-order valence-corrected chi connectivity index (χ4v) is 1.05. The van der Waals surface area contributed by atoms with Crippen molar-refractivity contribution in [2.24, 2.45) is 0 Å². The molecule has 0 saturated heterocycles. The van der Waals surface area contributed by atoms with Crippen molar-refractivity contribution < 1.29 is 19.1 Å². The third kappa shape index (κ3) is 2.83. The van der Waals surface area contributed by atoms with Gasteiger partial charge in [-0.3, -0.25) is 9.59 Å². The van der Waals surface area contributed by atoms with Crippen molar-refractivity contribution >= 4 is 5.91 Å². The van der Waals surface area contributed by atoms with Gasteiger partial charge in [0.1, 0.15) is 18.6 Å². The summed E-state index contributed by atoms with van der Waals surface area (Å²) in [6, 6.07) is 1.12. The van der Waals surface area contributed by atoms with E-state index in [1.165, 1.54) is 14.0 Å². The monoisotopic (exact) mass is 227 g/mol. The molecule has 1 heterocycles. The summed E-state index contributed by atoms with van der Waals surface area (Å²) in [6.45, 7) is 1.15. The molecule has 1 amide bonds. The Morgan fingerprint density at radius 3 is 2.88 bits per heavy atom. The number of ether oxygens (including phenoxy) is 1. The number of carbonyl (C=O) groups is 1. The first-order valence-electron chi connectivity index (χ1n) is 4.69. The molecule has 1 aromatic heterocycles. The highest BCUT2D eigenvalue weighted by Gasteiger charge is 2.14. The summed E-state index contributed by atoms with van der Waals surface area (Å²) < 4.78 is 9.99. The summed E-state index contributed by atoms with van der Waals surface area (Å²) in [5.41, 5.74) is -0.439. The van der Waals surface area contributed by atoms with Gasteiger partial charge in [-0.25, -0.2) is 0 Å². The van der Waals surface area contributed by atoms with Crippen LogP contribution in [0.5, 0.6) is 5.75 Å². The smallest absolute Gasteiger partial charge is 0.260 e. The molecule has 0 aliphatic rings. The molecular formula is C10H13NO5. The third-order valence-electron chi connectivity index (χ3n) is 1.93. The van der Waals surface area contributed by atoms with Gasteiger partial charge in [-0.2, -0.15) is 0 Å². The van der Waals surface area contributed by atoms with Gasteiger partial charge in [0.25, 0.3) is 5.91 Å². The lowest BCUT2D eigenvalue weighted by Crippen LogP contribution is -2.34. The lowest BCUT2D eigenvalue weighted by atomic mass is 10.3. The molecule has 0 saturated carbocycles. The maximum atomic E-state index is 11.4. The number of rotatable bonds is 4. The molecule has 6 heteroatoms. The van der Waals surface area contributed by atoms with E-state index in [1.807, 2.05) is 0 Å². The standard InChI is InChI=1S/C10H13NO5/c1-6(10(14)11-2)16-9-5-15-7(4-12)3-8(9)13/h3,5-6,12H,4H2,1-2H3,(H,11,14). The Bertz CT molecular complexity index is 425. The van der Waals surface area contributed by atoms with Crippen molar-refractivity contribution in [2.45, 2.75) is 19.6 Å². The van der Waals surface area contributed by atoms with E-state index in [2.05, 4.69) is 5.32 Å². The minimum atomic E-state index is -0.784. The summed E-state index contributed by atoms with van der Waals surface area (Å²) in [5, 5.41) is 11.1. The van der Waals surface area contributed by atoms with Crippen LogP contribution in [-0.4, -0.2) is 24.2 Å². The van der Waals surface area contributed by atoms with Gasteiger partial charge in [0.05, 0.1) is 0 Å². The Morgan fingerprint density at radius 1 is 1.69 bits per heavy atom. The van der Waals surface area contributed by atoms with Gasteiger partial charge in [0, 0.05) is 13.1 Å². The topological polar surface area (TPSA) is 88.8 Å². The van der Waals surface area contributed by atoms with Crippen LogP contribution < -0.4 is 15.5 Å². The van der Waals surface area contributed by atoms with E-state index in [0.29, 0.717) is 0 Å². The summed E-state index contributed by atoms with van der Waals surface area (Å²) in [7, 11) is 1.47. The number of hydrogen-bond donors (Lipinski definition) is 2. The highest BCUT2D eigenvalue weighted by atomic mass is 16.5. The Hall–Kier alpha value is -1.82. The van der Waals surface area contributed by atoms with Crippen molar-refractivity contribution in [1.82, 2.24) is 5.32 Å². The van der Waals surface area contributed by atoms with E-state index in [4.69, 9.17) is 14.3 Å². The maximum absolute atomic E-state index is 11.4. The molecular weight excluding hydrogens is 214 g/mol. The Balaban J connectivity index is 2.82. The van der Waals surface area contributed by atoms with Gasteiger partial charge < -0.3 is 19.6 Å². The SMILES string of the molecule is CNC(=O)C(C)Oc1coc(CO)cc1=O. The summed E-state index contributed by atoms with van der Waals surface area (Å²) in [5.74, 6) is -0.260. The normalized spacial score (nSPS) is 11.9. The number of likely N-dealkylation sites (N-methyl/N-ethyl adjacent to an activating group) is 1. The van der Waals surface area contributed by atoms with Crippen LogP contribution in [-0.2, 0) is 11.4 Å². The Morgan fingerprint density at radius 2 is 2.38 bits per heavy atom. The zero-order valence-electron chi connectivity index (χ0n) is 9.02. The summed E-state index contributed by atoms with van der Waals surface area (Å²) >= 11 is 0. The lowest BCUT2D eigenvalue weighted by molar-refractivity contribution is -0.126. The molecule has 2 N–H and O–H groups in total. The third-order valence-corrected chi connectivity index (χ3v) is 1.93. The molecule has 88 valence electrons. The fraction of sp³-hybridized carbons (Fsp3) is 0.400. The summed E-state index contributed by atoms with van der Waals surface area (Å²) in [6.07, 6.45) is 0.292. The Kier molecular flexibility index (Phi) is 4.07. The second-order valence-corrected chi connectivity index (χ2v) is 3.11. The second kappa shape index (κ2) is 5.32. The molecule has 0 radical (unpaired) electrons. The van der Waals surface area contributed by atoms with Crippen LogP contribution in [0.25, 0.3) is 0 Å². The van der Waals surface area contributed by atoms with Crippen LogP contribution >= 0.6 is 0 Å². The molecule has 0 bridgehead atoms. The molecule has 0 aliphatic heterocycles. The maximum Gasteiger partial charge on any atom is 0.260 e. The molecule has 1 aromatic rings. The van der Waals surface area contributed by atoms with Crippen LogP contribution in [0.1, 0.15) is 12.7 Å². The average molecular weight is 227 g/mol. The minimum absolute atomic E-state index is 0.0618. The fourth-order valence-electron chi connectivity index (χ4n) is 1.05. The first-order valence-corrected chi connectivity index (χ1v) is 4.69. The lowest BCUT2D eigenvalue weighted by Gasteiger charge is -2.11. The number of amides is 1. The zero-order valence-corrected chi connectivity index (χ0v) is 9.02. The number of aliphatic hydroxyl groups is 1. The largest absolute Gasteiger partial charge is 0.474 e. The number of aliphatic hydroxyl groups excluding tert-OH is 1. The molecule has 1 unspecified atom stereocenters. The highest BCUT2D eigenvalue weighted by molar-refractivity contribution is 5.80. The highest BCUT2D eigenvalue weighted by Crippen LogP contribution is 2.07. The van der Waals surface area contributed by atoms with E-state index >= 15 is 0 Å². The van der Waals surface area contributed by atoms with E-state index in [1.54, 1.807) is 0 Å². The van der Waals surface area contributed by atoms with Gasteiger partial charge >= 0.3 is 0 Å². The molecule has 0 fully saturated rings. The van der Waals surface area contributed by atoms with E-state index < -0.39 is 11.5 Å². The molecule has 1 atom stereocenters. The molecule has 16 heavy (non-hydrogen) atoms. The van der Waals surface area contributed by atoms with Crippen LogP contribution in [0, 0.1) is 0 Å². The molecule has 0 spiro atoms. The van der Waals surface area contributed by atoms with Crippen molar-refractivity contribution in [1.29, 1.82) is 0 Å². The first-order chi connectivity index (χ1) is 7.58.